The Morgan fingerprint density at radius 1 is 0.878 bits per heavy atom. The third-order valence-corrected chi connectivity index (χ3v) is 7.98. The van der Waals surface area contributed by atoms with E-state index in [-0.39, 0.29) is 5.91 Å². The summed E-state index contributed by atoms with van der Waals surface area (Å²) in [5.41, 5.74) is 4.60. The molecular formula is C34H39ClN2O3S. The van der Waals surface area contributed by atoms with Gasteiger partial charge in [-0.3, -0.25) is 9.69 Å². The highest BCUT2D eigenvalue weighted by atomic mass is 35.5. The van der Waals surface area contributed by atoms with Gasteiger partial charge in [0.25, 0.3) is 5.91 Å². The molecule has 0 N–H and O–H groups in total. The predicted octanol–water partition coefficient (Wildman–Crippen LogP) is 9.90. The molecule has 0 radical (unpaired) electrons. The summed E-state index contributed by atoms with van der Waals surface area (Å²) in [6.07, 6.45) is 8.95. The molecule has 1 fully saturated rings. The molecule has 1 heterocycles. The van der Waals surface area contributed by atoms with Crippen molar-refractivity contribution in [3.63, 3.8) is 0 Å². The first-order valence-electron chi connectivity index (χ1n) is 14.4. The van der Waals surface area contributed by atoms with E-state index < -0.39 is 0 Å². The fourth-order valence-electron chi connectivity index (χ4n) is 4.48. The van der Waals surface area contributed by atoms with E-state index in [0.717, 1.165) is 40.9 Å². The minimum Gasteiger partial charge on any atom is -0.490 e. The maximum Gasteiger partial charge on any atom is 0.271 e. The SMILES string of the molecule is CCCCCCCCOc1c(Cl)cc(/C=C2/SC(=Nc3ccc(C)cc3)N(c3ccc(C)cc3)C2=O)cc1OCC. The average Bonchev–Trinajstić information content (AvgIpc) is 3.25. The number of rotatable bonds is 13. The Morgan fingerprint density at radius 3 is 2.22 bits per heavy atom. The Balaban J connectivity index is 1.60. The number of ether oxygens (including phenoxy) is 2. The van der Waals surface area contributed by atoms with Gasteiger partial charge in [-0.2, -0.15) is 0 Å². The van der Waals surface area contributed by atoms with Gasteiger partial charge in [0, 0.05) is 0 Å². The number of nitrogens with zero attached hydrogens (tertiary/aromatic N) is 2. The molecule has 7 heteroatoms. The van der Waals surface area contributed by atoms with E-state index in [0.29, 0.717) is 39.8 Å². The fraction of sp³-hybridized carbons (Fsp3) is 0.353. The lowest BCUT2D eigenvalue weighted by molar-refractivity contribution is -0.113. The summed E-state index contributed by atoms with van der Waals surface area (Å²) in [6, 6.07) is 19.5. The van der Waals surface area contributed by atoms with Crippen LogP contribution in [-0.4, -0.2) is 24.3 Å². The number of thioether (sulfide) groups is 1. The van der Waals surface area contributed by atoms with Gasteiger partial charge in [-0.05, 0) is 87.0 Å². The van der Waals surface area contributed by atoms with Crippen molar-refractivity contribution < 1.29 is 14.3 Å². The predicted molar refractivity (Wildman–Crippen MR) is 174 cm³/mol. The Bertz CT molecular complexity index is 1380. The molecule has 3 aromatic rings. The Labute approximate surface area is 253 Å². The first-order chi connectivity index (χ1) is 19.9. The number of benzene rings is 3. The molecule has 0 aromatic heterocycles. The number of carbonyl (C=O) groups is 1. The van der Waals surface area contributed by atoms with E-state index in [2.05, 4.69) is 6.92 Å². The van der Waals surface area contributed by atoms with Crippen molar-refractivity contribution in [2.45, 2.75) is 66.2 Å². The number of anilines is 1. The lowest BCUT2D eigenvalue weighted by atomic mass is 10.1. The van der Waals surface area contributed by atoms with E-state index in [4.69, 9.17) is 26.1 Å². The van der Waals surface area contributed by atoms with E-state index in [1.165, 1.54) is 37.4 Å². The van der Waals surface area contributed by atoms with Crippen molar-refractivity contribution >= 4 is 51.9 Å². The van der Waals surface area contributed by atoms with E-state index in [1.54, 1.807) is 4.90 Å². The van der Waals surface area contributed by atoms with Gasteiger partial charge >= 0.3 is 0 Å². The first-order valence-corrected chi connectivity index (χ1v) is 15.6. The molecule has 0 atom stereocenters. The van der Waals surface area contributed by atoms with Crippen molar-refractivity contribution in [1.82, 2.24) is 0 Å². The largest absolute Gasteiger partial charge is 0.490 e. The number of carbonyl (C=O) groups excluding carboxylic acids is 1. The number of halogens is 1. The first kappa shape index (κ1) is 30.7. The standard InChI is InChI=1S/C34H39ClN2O3S/c1-5-7-8-9-10-11-20-40-32-29(35)21-26(22-30(32)39-6-2)23-31-33(38)37(28-18-14-25(4)15-19-28)34(41-31)36-27-16-12-24(3)13-17-27/h12-19,21-23H,5-11,20H2,1-4H3/b31-23+,36-34?. The van der Waals surface area contributed by atoms with Crippen molar-refractivity contribution in [3.8, 4) is 11.5 Å². The zero-order valence-electron chi connectivity index (χ0n) is 24.4. The Morgan fingerprint density at radius 2 is 1.54 bits per heavy atom. The molecule has 0 spiro atoms. The van der Waals surface area contributed by atoms with Crippen LogP contribution in [0, 0.1) is 13.8 Å². The van der Waals surface area contributed by atoms with Crippen LogP contribution in [0.4, 0.5) is 11.4 Å². The number of amidine groups is 1. The molecular weight excluding hydrogens is 552 g/mol. The van der Waals surface area contributed by atoms with Crippen LogP contribution in [0.5, 0.6) is 11.5 Å². The highest BCUT2D eigenvalue weighted by Gasteiger charge is 2.35. The van der Waals surface area contributed by atoms with Crippen molar-refractivity contribution in [1.29, 1.82) is 0 Å². The van der Waals surface area contributed by atoms with Crippen molar-refractivity contribution in [3.05, 3.63) is 87.3 Å². The lowest BCUT2D eigenvalue weighted by Crippen LogP contribution is -2.28. The molecule has 1 aliphatic rings. The number of unbranched alkanes of at least 4 members (excludes halogenated alkanes) is 5. The van der Waals surface area contributed by atoms with E-state index >= 15 is 0 Å². The highest BCUT2D eigenvalue weighted by Crippen LogP contribution is 2.41. The van der Waals surface area contributed by atoms with Gasteiger partial charge in [-0.15, -0.1) is 0 Å². The van der Waals surface area contributed by atoms with Crippen LogP contribution < -0.4 is 14.4 Å². The normalized spacial score (nSPS) is 15.2. The van der Waals surface area contributed by atoms with Crippen LogP contribution in [0.2, 0.25) is 5.02 Å². The smallest absolute Gasteiger partial charge is 0.271 e. The second-order valence-corrected chi connectivity index (χ2v) is 11.6. The van der Waals surface area contributed by atoms with E-state index in [9.17, 15) is 4.79 Å². The molecule has 0 bridgehead atoms. The maximum absolute atomic E-state index is 13.7. The van der Waals surface area contributed by atoms with Crippen LogP contribution in [0.1, 0.15) is 69.1 Å². The van der Waals surface area contributed by atoms with Crippen molar-refractivity contribution in [2.75, 3.05) is 18.1 Å². The van der Waals surface area contributed by atoms with Gasteiger partial charge in [0.15, 0.2) is 16.7 Å². The zero-order chi connectivity index (χ0) is 29.2. The highest BCUT2D eigenvalue weighted by molar-refractivity contribution is 8.19. The number of amides is 1. The lowest BCUT2D eigenvalue weighted by Gasteiger charge is -2.16. The molecule has 5 nitrogen and oxygen atoms in total. The quantitative estimate of drug-likeness (QED) is 0.147. The molecule has 1 aliphatic heterocycles. The Kier molecular flexibility index (Phi) is 11.3. The number of aliphatic imine (C=N–C) groups is 1. The fourth-order valence-corrected chi connectivity index (χ4v) is 5.76. The molecule has 1 amide bonds. The topological polar surface area (TPSA) is 51.1 Å². The summed E-state index contributed by atoms with van der Waals surface area (Å²) in [4.78, 5) is 20.8. The molecule has 216 valence electrons. The summed E-state index contributed by atoms with van der Waals surface area (Å²) in [5.74, 6) is 0.997. The zero-order valence-corrected chi connectivity index (χ0v) is 26.0. The molecule has 4 rings (SSSR count). The maximum atomic E-state index is 13.7. The number of aryl methyl sites for hydroxylation is 2. The third-order valence-electron chi connectivity index (χ3n) is 6.73. The van der Waals surface area contributed by atoms with Crippen LogP contribution in [0.25, 0.3) is 6.08 Å². The number of hydrogen-bond acceptors (Lipinski definition) is 5. The van der Waals surface area contributed by atoms with Crippen LogP contribution in [-0.2, 0) is 4.79 Å². The summed E-state index contributed by atoms with van der Waals surface area (Å²) >= 11 is 8.05. The van der Waals surface area contributed by atoms with Crippen LogP contribution >= 0.6 is 23.4 Å². The third kappa shape index (κ3) is 8.40. The molecule has 0 unspecified atom stereocenters. The van der Waals surface area contributed by atoms with Gasteiger partial charge < -0.3 is 9.47 Å². The molecule has 0 saturated carbocycles. The summed E-state index contributed by atoms with van der Waals surface area (Å²) < 4.78 is 12.0. The van der Waals surface area contributed by atoms with Gasteiger partial charge in [-0.1, -0.05) is 86.0 Å². The number of hydrogen-bond donors (Lipinski definition) is 0. The minimum absolute atomic E-state index is 0.137. The minimum atomic E-state index is -0.137. The molecule has 0 aliphatic carbocycles. The van der Waals surface area contributed by atoms with Gasteiger partial charge in [0.2, 0.25) is 0 Å². The second-order valence-electron chi connectivity index (χ2n) is 10.2. The summed E-state index contributed by atoms with van der Waals surface area (Å²) in [7, 11) is 0. The molecule has 3 aromatic carbocycles. The summed E-state index contributed by atoms with van der Waals surface area (Å²) in [6.45, 7) is 9.28. The second kappa shape index (κ2) is 15.1. The Hall–Kier alpha value is -3.22. The van der Waals surface area contributed by atoms with Crippen molar-refractivity contribution in [2.24, 2.45) is 4.99 Å². The van der Waals surface area contributed by atoms with Gasteiger partial charge in [0.05, 0.1) is 34.5 Å². The monoisotopic (exact) mass is 590 g/mol. The average molecular weight is 591 g/mol. The molecule has 41 heavy (non-hydrogen) atoms. The summed E-state index contributed by atoms with van der Waals surface area (Å²) in [5, 5.41) is 1.07. The van der Waals surface area contributed by atoms with E-state index in [1.807, 2.05) is 87.5 Å². The molecule has 1 saturated heterocycles. The van der Waals surface area contributed by atoms with Gasteiger partial charge in [-0.25, -0.2) is 4.99 Å². The van der Waals surface area contributed by atoms with Gasteiger partial charge in [0.1, 0.15) is 0 Å². The van der Waals surface area contributed by atoms with Crippen LogP contribution in [0.15, 0.2) is 70.6 Å². The van der Waals surface area contributed by atoms with Crippen LogP contribution in [0.3, 0.4) is 0 Å².